The summed E-state index contributed by atoms with van der Waals surface area (Å²) < 4.78 is 10.3. The minimum atomic E-state index is 0.298. The van der Waals surface area contributed by atoms with Crippen molar-refractivity contribution >= 4 is 0 Å². The number of hydrogen-bond acceptors (Lipinski definition) is 2. The highest BCUT2D eigenvalue weighted by molar-refractivity contribution is 4.63. The lowest BCUT2D eigenvalue weighted by molar-refractivity contribution is 0.0269. The largest absolute Gasteiger partial charge is 0.376 e. The normalized spacial score (nSPS) is 10.3. The van der Waals surface area contributed by atoms with Crippen LogP contribution in [0.4, 0.5) is 0 Å². The van der Waals surface area contributed by atoms with E-state index in [4.69, 9.17) is 9.47 Å². The Bertz CT molecular complexity index is 79.3. The molecule has 0 saturated heterocycles. The smallest absolute Gasteiger partial charge is 0.0704 e. The molecule has 0 rings (SSSR count). The van der Waals surface area contributed by atoms with Crippen molar-refractivity contribution in [2.45, 2.75) is 20.0 Å². The molecule has 0 N–H and O–H groups in total. The lowest BCUT2D eigenvalue weighted by Crippen LogP contribution is -2.09. The Morgan fingerprint density at radius 2 is 2.10 bits per heavy atom. The molecule has 0 spiro atoms. The number of hydrogen-bond donors (Lipinski definition) is 0. The monoisotopic (exact) mass is 144 g/mol. The van der Waals surface area contributed by atoms with Gasteiger partial charge in [-0.15, -0.1) is 6.58 Å². The summed E-state index contributed by atoms with van der Waals surface area (Å²) >= 11 is 0. The fraction of sp³-hybridized carbons (Fsp3) is 0.750. The van der Waals surface area contributed by atoms with Crippen LogP contribution in [0, 0.1) is 0 Å². The summed E-state index contributed by atoms with van der Waals surface area (Å²) in [6.07, 6.45) is 2.03. The van der Waals surface area contributed by atoms with Crippen LogP contribution in [0.15, 0.2) is 12.7 Å². The van der Waals surface area contributed by atoms with Crippen molar-refractivity contribution in [3.8, 4) is 0 Å². The zero-order chi connectivity index (χ0) is 7.82. The molecule has 0 unspecified atom stereocenters. The van der Waals surface area contributed by atoms with Crippen LogP contribution in [0.3, 0.4) is 0 Å². The maximum atomic E-state index is 5.23. The summed E-state index contributed by atoms with van der Waals surface area (Å²) in [5.41, 5.74) is 0. The predicted molar refractivity (Wildman–Crippen MR) is 42.1 cm³/mol. The third kappa shape index (κ3) is 7.66. The first-order valence-electron chi connectivity index (χ1n) is 3.57. The van der Waals surface area contributed by atoms with Gasteiger partial charge in [-0.05, 0) is 13.8 Å². The first-order chi connectivity index (χ1) is 4.77. The second kappa shape index (κ2) is 6.78. The third-order valence-corrected chi connectivity index (χ3v) is 0.915. The lowest BCUT2D eigenvalue weighted by Gasteiger charge is -2.06. The van der Waals surface area contributed by atoms with Gasteiger partial charge in [0.1, 0.15) is 0 Å². The van der Waals surface area contributed by atoms with Crippen LogP contribution in [0.5, 0.6) is 0 Å². The van der Waals surface area contributed by atoms with E-state index in [1.54, 1.807) is 6.08 Å². The van der Waals surface area contributed by atoms with E-state index >= 15 is 0 Å². The molecule has 0 aromatic carbocycles. The molecule has 60 valence electrons. The highest BCUT2D eigenvalue weighted by Gasteiger charge is 1.90. The molecule has 0 aliphatic heterocycles. The molecule has 0 radical (unpaired) electrons. The first-order valence-corrected chi connectivity index (χ1v) is 3.57. The summed E-state index contributed by atoms with van der Waals surface area (Å²) in [6, 6.07) is 0. The maximum absolute atomic E-state index is 5.23. The highest BCUT2D eigenvalue weighted by atomic mass is 16.5. The molecule has 0 aliphatic rings. The standard InChI is InChI=1S/C8H16O2/c1-4-5-9-6-7-10-8(2)3/h4,8H,1,5-7H2,2-3H3. The second-order valence-electron chi connectivity index (χ2n) is 2.28. The Balaban J connectivity index is 2.83. The summed E-state index contributed by atoms with van der Waals surface area (Å²) in [7, 11) is 0. The molecular formula is C8H16O2. The Morgan fingerprint density at radius 3 is 2.60 bits per heavy atom. The van der Waals surface area contributed by atoms with E-state index in [0.29, 0.717) is 25.9 Å². The molecule has 2 heteroatoms. The zero-order valence-corrected chi connectivity index (χ0v) is 6.80. The second-order valence-corrected chi connectivity index (χ2v) is 2.28. The van der Waals surface area contributed by atoms with E-state index in [1.807, 2.05) is 13.8 Å². The van der Waals surface area contributed by atoms with Gasteiger partial charge >= 0.3 is 0 Å². The van der Waals surface area contributed by atoms with Crippen LogP contribution in [0.2, 0.25) is 0 Å². The van der Waals surface area contributed by atoms with Crippen molar-refractivity contribution in [3.05, 3.63) is 12.7 Å². The van der Waals surface area contributed by atoms with E-state index in [2.05, 4.69) is 6.58 Å². The third-order valence-electron chi connectivity index (χ3n) is 0.915. The quantitative estimate of drug-likeness (QED) is 0.416. The van der Waals surface area contributed by atoms with Crippen LogP contribution in [0.25, 0.3) is 0 Å². The number of ether oxygens (including phenoxy) is 2. The van der Waals surface area contributed by atoms with Gasteiger partial charge in [0.15, 0.2) is 0 Å². The van der Waals surface area contributed by atoms with Gasteiger partial charge in [0.2, 0.25) is 0 Å². The van der Waals surface area contributed by atoms with Crippen LogP contribution >= 0.6 is 0 Å². The van der Waals surface area contributed by atoms with Gasteiger partial charge < -0.3 is 9.47 Å². The molecule has 0 atom stereocenters. The Labute approximate surface area is 62.8 Å². The fourth-order valence-corrected chi connectivity index (χ4v) is 0.509. The van der Waals surface area contributed by atoms with Gasteiger partial charge in [0.05, 0.1) is 25.9 Å². The molecule has 2 nitrogen and oxygen atoms in total. The van der Waals surface area contributed by atoms with Crippen molar-refractivity contribution in [1.82, 2.24) is 0 Å². The Kier molecular flexibility index (Phi) is 6.55. The minimum Gasteiger partial charge on any atom is -0.376 e. The first kappa shape index (κ1) is 9.66. The molecule has 0 amide bonds. The van der Waals surface area contributed by atoms with E-state index in [9.17, 15) is 0 Å². The molecule has 0 fully saturated rings. The van der Waals surface area contributed by atoms with E-state index in [0.717, 1.165) is 0 Å². The molecule has 0 heterocycles. The highest BCUT2D eigenvalue weighted by Crippen LogP contribution is 1.86. The summed E-state index contributed by atoms with van der Waals surface area (Å²) in [5.74, 6) is 0. The van der Waals surface area contributed by atoms with Crippen molar-refractivity contribution in [3.63, 3.8) is 0 Å². The summed E-state index contributed by atoms with van der Waals surface area (Å²) in [4.78, 5) is 0. The fourth-order valence-electron chi connectivity index (χ4n) is 0.509. The minimum absolute atomic E-state index is 0.298. The van der Waals surface area contributed by atoms with Crippen molar-refractivity contribution in [2.75, 3.05) is 19.8 Å². The van der Waals surface area contributed by atoms with Gasteiger partial charge in [-0.3, -0.25) is 0 Å². The predicted octanol–water partition coefficient (Wildman–Crippen LogP) is 1.61. The van der Waals surface area contributed by atoms with E-state index in [-0.39, 0.29) is 0 Å². The average Bonchev–Trinajstić information content (AvgIpc) is 1.87. The average molecular weight is 144 g/mol. The molecule has 0 aromatic heterocycles. The molecular weight excluding hydrogens is 128 g/mol. The Morgan fingerprint density at radius 1 is 1.40 bits per heavy atom. The molecule has 0 aliphatic carbocycles. The van der Waals surface area contributed by atoms with Gasteiger partial charge in [-0.1, -0.05) is 6.08 Å². The van der Waals surface area contributed by atoms with Crippen molar-refractivity contribution < 1.29 is 9.47 Å². The van der Waals surface area contributed by atoms with Crippen molar-refractivity contribution in [1.29, 1.82) is 0 Å². The Hall–Kier alpha value is -0.340. The van der Waals surface area contributed by atoms with Crippen LogP contribution in [-0.4, -0.2) is 25.9 Å². The number of rotatable bonds is 6. The molecule has 0 aromatic rings. The van der Waals surface area contributed by atoms with E-state index in [1.165, 1.54) is 0 Å². The van der Waals surface area contributed by atoms with Crippen LogP contribution in [-0.2, 0) is 9.47 Å². The topological polar surface area (TPSA) is 18.5 Å². The van der Waals surface area contributed by atoms with Crippen LogP contribution < -0.4 is 0 Å². The van der Waals surface area contributed by atoms with Gasteiger partial charge in [0.25, 0.3) is 0 Å². The van der Waals surface area contributed by atoms with Gasteiger partial charge in [-0.25, -0.2) is 0 Å². The molecule has 0 bridgehead atoms. The molecule has 10 heavy (non-hydrogen) atoms. The summed E-state index contributed by atoms with van der Waals surface area (Å²) in [6.45, 7) is 9.48. The van der Waals surface area contributed by atoms with Gasteiger partial charge in [0, 0.05) is 0 Å². The summed E-state index contributed by atoms with van der Waals surface area (Å²) in [5, 5.41) is 0. The van der Waals surface area contributed by atoms with Crippen LogP contribution in [0.1, 0.15) is 13.8 Å². The SMILES string of the molecule is C=CCOCCOC(C)C. The lowest BCUT2D eigenvalue weighted by atomic mass is 10.5. The maximum Gasteiger partial charge on any atom is 0.0704 e. The van der Waals surface area contributed by atoms with Gasteiger partial charge in [-0.2, -0.15) is 0 Å². The zero-order valence-electron chi connectivity index (χ0n) is 6.80. The molecule has 0 saturated carbocycles. The van der Waals surface area contributed by atoms with E-state index < -0.39 is 0 Å². The van der Waals surface area contributed by atoms with Crippen molar-refractivity contribution in [2.24, 2.45) is 0 Å².